The Labute approximate surface area is 187 Å². The summed E-state index contributed by atoms with van der Waals surface area (Å²) in [5.74, 6) is 1.55. The van der Waals surface area contributed by atoms with Crippen LogP contribution >= 0.6 is 0 Å². The van der Waals surface area contributed by atoms with Crippen LogP contribution in [0.5, 0.6) is 5.75 Å². The van der Waals surface area contributed by atoms with Gasteiger partial charge in [-0.15, -0.1) is 0 Å². The maximum absolute atomic E-state index is 12.9. The molecule has 4 rings (SSSR count). The van der Waals surface area contributed by atoms with Crippen LogP contribution in [0.3, 0.4) is 0 Å². The van der Waals surface area contributed by atoms with Crippen molar-refractivity contribution >= 4 is 5.91 Å². The van der Waals surface area contributed by atoms with Gasteiger partial charge in [-0.05, 0) is 37.1 Å². The molecule has 0 bridgehead atoms. The Balaban J connectivity index is 1.30. The number of para-hydroxylation sites is 1. The highest BCUT2D eigenvalue weighted by Gasteiger charge is 2.27. The average molecular weight is 436 g/mol. The summed E-state index contributed by atoms with van der Waals surface area (Å²) in [7, 11) is 1.84. The molecule has 0 N–H and O–H groups in total. The van der Waals surface area contributed by atoms with Crippen molar-refractivity contribution in [3.63, 3.8) is 0 Å². The third kappa shape index (κ3) is 5.25. The number of rotatable bonds is 8. The van der Waals surface area contributed by atoms with Crippen molar-refractivity contribution in [3.8, 4) is 5.75 Å². The molecule has 1 atom stereocenters. The van der Waals surface area contributed by atoms with Gasteiger partial charge in [0.15, 0.2) is 0 Å². The molecule has 0 spiro atoms. The van der Waals surface area contributed by atoms with Gasteiger partial charge in [0, 0.05) is 50.8 Å². The molecule has 0 saturated heterocycles. The lowest BCUT2D eigenvalue weighted by Gasteiger charge is -2.22. The lowest BCUT2D eigenvalue weighted by molar-refractivity contribution is -0.134. The Morgan fingerprint density at radius 2 is 1.97 bits per heavy atom. The molecule has 1 aromatic carbocycles. The first kappa shape index (κ1) is 21.8. The second-order valence-corrected chi connectivity index (χ2v) is 8.09. The van der Waals surface area contributed by atoms with Crippen molar-refractivity contribution in [3.05, 3.63) is 76.7 Å². The van der Waals surface area contributed by atoms with Crippen molar-refractivity contribution < 1.29 is 9.53 Å². The predicted octanol–water partition coefficient (Wildman–Crippen LogP) is 2.17. The first-order chi connectivity index (χ1) is 15.6. The van der Waals surface area contributed by atoms with Crippen LogP contribution in [0.1, 0.15) is 24.4 Å². The van der Waals surface area contributed by atoms with Crippen LogP contribution in [0.25, 0.3) is 0 Å². The van der Waals surface area contributed by atoms with E-state index in [9.17, 15) is 9.59 Å². The summed E-state index contributed by atoms with van der Waals surface area (Å²) in [6.07, 6.45) is 4.46. The third-order valence-corrected chi connectivity index (χ3v) is 5.89. The summed E-state index contributed by atoms with van der Waals surface area (Å²) in [6, 6.07) is 15.3. The Morgan fingerprint density at radius 3 is 2.75 bits per heavy atom. The summed E-state index contributed by atoms with van der Waals surface area (Å²) < 4.78 is 8.87. The van der Waals surface area contributed by atoms with E-state index in [1.165, 1.54) is 4.68 Å². The number of pyridine rings is 1. The third-order valence-electron chi connectivity index (χ3n) is 5.89. The van der Waals surface area contributed by atoms with E-state index in [-0.39, 0.29) is 17.5 Å². The number of nitrogens with zero attached hydrogens (tertiary/aromatic N) is 5. The fraction of sp³-hybridized carbons (Fsp3) is 0.417. The fourth-order valence-corrected chi connectivity index (χ4v) is 4.04. The van der Waals surface area contributed by atoms with Gasteiger partial charge in [-0.2, -0.15) is 5.10 Å². The molecule has 8 nitrogen and oxygen atoms in total. The molecule has 1 aliphatic rings. The minimum Gasteiger partial charge on any atom is -0.492 e. The summed E-state index contributed by atoms with van der Waals surface area (Å²) in [4.78, 5) is 31.8. The molecular weight excluding hydrogens is 406 g/mol. The number of likely N-dealkylation sites (N-methyl/N-ethyl adjacent to an activating group) is 1. The van der Waals surface area contributed by atoms with Gasteiger partial charge in [0.1, 0.15) is 18.2 Å². The van der Waals surface area contributed by atoms with Gasteiger partial charge in [-0.3, -0.25) is 14.3 Å². The first-order valence-electron chi connectivity index (χ1n) is 11.1. The number of hydrogen-bond donors (Lipinski definition) is 0. The van der Waals surface area contributed by atoms with E-state index in [0.29, 0.717) is 45.5 Å². The summed E-state index contributed by atoms with van der Waals surface area (Å²) in [5.41, 5.74) is 0.846. The molecule has 2 aromatic heterocycles. The van der Waals surface area contributed by atoms with Crippen LogP contribution in [0, 0.1) is 5.92 Å². The number of amides is 1. The minimum atomic E-state index is -0.131. The summed E-state index contributed by atoms with van der Waals surface area (Å²) in [5, 5.41) is 4.51. The van der Waals surface area contributed by atoms with Crippen molar-refractivity contribution in [2.24, 2.45) is 5.92 Å². The molecule has 3 aromatic rings. The van der Waals surface area contributed by atoms with Gasteiger partial charge in [-0.1, -0.05) is 24.3 Å². The largest absolute Gasteiger partial charge is 0.492 e. The second kappa shape index (κ2) is 10.3. The fourth-order valence-electron chi connectivity index (χ4n) is 4.04. The first-order valence-corrected chi connectivity index (χ1v) is 11.1. The van der Waals surface area contributed by atoms with Crippen LogP contribution in [0.15, 0.2) is 59.5 Å². The summed E-state index contributed by atoms with van der Waals surface area (Å²) in [6.45, 7) is 1.91. The van der Waals surface area contributed by atoms with Gasteiger partial charge in [0.05, 0.1) is 6.54 Å². The molecule has 1 unspecified atom stereocenters. The highest BCUT2D eigenvalue weighted by Crippen LogP contribution is 2.20. The molecule has 0 aliphatic carbocycles. The number of carbonyl (C=O) groups excluding carboxylic acids is 1. The van der Waals surface area contributed by atoms with Crippen molar-refractivity contribution in [2.75, 3.05) is 20.2 Å². The number of fused-ring (bicyclic) bond motifs is 1. The van der Waals surface area contributed by atoms with E-state index in [1.807, 2.05) is 55.6 Å². The molecule has 1 aliphatic heterocycles. The van der Waals surface area contributed by atoms with Gasteiger partial charge in [0.25, 0.3) is 0 Å². The normalized spacial score (nSPS) is 15.6. The standard InChI is InChI=1S/C24H29N5O3/c1-27(15-13-20-7-5-6-14-25-20)23(30)19-10-11-22-26-29(24(31)28(22)16-12-19)17-18-32-21-8-3-2-4-9-21/h2-9,14,19H,10-13,15-18H2,1H3. The topological polar surface area (TPSA) is 82.2 Å². The zero-order valence-corrected chi connectivity index (χ0v) is 18.4. The van der Waals surface area contributed by atoms with E-state index in [2.05, 4.69) is 10.1 Å². The monoisotopic (exact) mass is 435 g/mol. The van der Waals surface area contributed by atoms with Crippen LogP contribution in [0.4, 0.5) is 0 Å². The molecule has 3 heterocycles. The molecule has 8 heteroatoms. The van der Waals surface area contributed by atoms with Gasteiger partial charge >= 0.3 is 5.69 Å². The molecule has 0 saturated carbocycles. The van der Waals surface area contributed by atoms with Gasteiger partial charge < -0.3 is 9.64 Å². The van der Waals surface area contributed by atoms with E-state index >= 15 is 0 Å². The van der Waals surface area contributed by atoms with Crippen LogP contribution in [-0.2, 0) is 30.7 Å². The molecule has 168 valence electrons. The van der Waals surface area contributed by atoms with E-state index < -0.39 is 0 Å². The van der Waals surface area contributed by atoms with E-state index in [1.54, 1.807) is 15.7 Å². The quantitative estimate of drug-likeness (QED) is 0.542. The SMILES string of the molecule is CN(CCc1ccccn1)C(=O)C1CCc2nn(CCOc3ccccc3)c(=O)n2CC1. The Morgan fingerprint density at radius 1 is 1.16 bits per heavy atom. The number of aromatic nitrogens is 4. The highest BCUT2D eigenvalue weighted by atomic mass is 16.5. The number of carbonyl (C=O) groups is 1. The number of ether oxygens (including phenoxy) is 1. The van der Waals surface area contributed by atoms with Crippen molar-refractivity contribution in [1.29, 1.82) is 0 Å². The Kier molecular flexibility index (Phi) is 6.99. The molecule has 32 heavy (non-hydrogen) atoms. The zero-order valence-electron chi connectivity index (χ0n) is 18.4. The van der Waals surface area contributed by atoms with Crippen molar-refractivity contribution in [2.45, 2.75) is 38.8 Å². The maximum atomic E-state index is 12.9. The molecule has 1 amide bonds. The second-order valence-electron chi connectivity index (χ2n) is 8.09. The van der Waals surface area contributed by atoms with Crippen LogP contribution < -0.4 is 10.4 Å². The maximum Gasteiger partial charge on any atom is 0.346 e. The van der Waals surface area contributed by atoms with E-state index in [0.717, 1.165) is 23.7 Å². The lowest BCUT2D eigenvalue weighted by Crippen LogP contribution is -2.35. The van der Waals surface area contributed by atoms with Gasteiger partial charge in [0.2, 0.25) is 5.91 Å². The van der Waals surface area contributed by atoms with Crippen molar-refractivity contribution in [1.82, 2.24) is 24.2 Å². The van der Waals surface area contributed by atoms with E-state index in [4.69, 9.17) is 4.74 Å². The molecular formula is C24H29N5O3. The number of hydrogen-bond acceptors (Lipinski definition) is 5. The Hall–Kier alpha value is -3.42. The molecule has 0 radical (unpaired) electrons. The highest BCUT2D eigenvalue weighted by molar-refractivity contribution is 5.78. The molecule has 0 fully saturated rings. The smallest absolute Gasteiger partial charge is 0.346 e. The van der Waals surface area contributed by atoms with Crippen LogP contribution in [-0.4, -0.2) is 50.3 Å². The number of benzene rings is 1. The number of aryl methyl sites for hydroxylation is 1. The zero-order chi connectivity index (χ0) is 22.3. The summed E-state index contributed by atoms with van der Waals surface area (Å²) >= 11 is 0. The van der Waals surface area contributed by atoms with Gasteiger partial charge in [-0.25, -0.2) is 9.48 Å². The minimum absolute atomic E-state index is 0.0975. The lowest BCUT2D eigenvalue weighted by atomic mass is 9.98. The average Bonchev–Trinajstić information content (AvgIpc) is 2.98. The predicted molar refractivity (Wildman–Crippen MR) is 120 cm³/mol. The van der Waals surface area contributed by atoms with Crippen LogP contribution in [0.2, 0.25) is 0 Å². The Bertz CT molecular complexity index is 1080.